The van der Waals surface area contributed by atoms with Crippen molar-refractivity contribution in [3.63, 3.8) is 0 Å². The lowest BCUT2D eigenvalue weighted by atomic mass is 9.94. The molecule has 11 heavy (non-hydrogen) atoms. The molecule has 0 aliphatic carbocycles. The Balaban J connectivity index is 2.21. The first kappa shape index (κ1) is 9.05. The van der Waals surface area contributed by atoms with Gasteiger partial charge in [-0.05, 0) is 38.3 Å². The van der Waals surface area contributed by atoms with E-state index < -0.39 is 0 Å². The lowest BCUT2D eigenvalue weighted by Crippen LogP contribution is -2.34. The third kappa shape index (κ3) is 2.82. The molecule has 1 radical (unpaired) electrons. The molecular weight excluding hydrogens is 134 g/mol. The van der Waals surface area contributed by atoms with Crippen molar-refractivity contribution in [2.45, 2.75) is 32.6 Å². The fourth-order valence-electron chi connectivity index (χ4n) is 1.96. The summed E-state index contributed by atoms with van der Waals surface area (Å²) in [5.74, 6) is 0.946. The Morgan fingerprint density at radius 1 is 1.55 bits per heavy atom. The Hall–Kier alpha value is -0.0400. The van der Waals surface area contributed by atoms with E-state index in [-0.39, 0.29) is 0 Å². The highest BCUT2D eigenvalue weighted by molar-refractivity contribution is 4.72. The predicted molar refractivity (Wildman–Crippen MR) is 49.4 cm³/mol. The topological polar surface area (TPSA) is 3.24 Å². The first-order valence-corrected chi connectivity index (χ1v) is 4.88. The zero-order valence-corrected chi connectivity index (χ0v) is 7.68. The van der Waals surface area contributed by atoms with Crippen LogP contribution in [-0.2, 0) is 0 Å². The van der Waals surface area contributed by atoms with Crippen molar-refractivity contribution >= 4 is 0 Å². The molecule has 0 aromatic rings. The van der Waals surface area contributed by atoms with Crippen LogP contribution in [0.2, 0.25) is 0 Å². The molecule has 1 unspecified atom stereocenters. The third-order valence-electron chi connectivity index (χ3n) is 2.66. The van der Waals surface area contributed by atoms with Gasteiger partial charge in [0.15, 0.2) is 0 Å². The van der Waals surface area contributed by atoms with E-state index in [1.807, 2.05) is 0 Å². The summed E-state index contributed by atoms with van der Waals surface area (Å²) in [6, 6.07) is 0. The van der Waals surface area contributed by atoms with Gasteiger partial charge in [-0.25, -0.2) is 0 Å². The second kappa shape index (κ2) is 4.76. The van der Waals surface area contributed by atoms with E-state index >= 15 is 0 Å². The molecule has 0 amide bonds. The zero-order chi connectivity index (χ0) is 8.10. The maximum Gasteiger partial charge on any atom is 0.000955 e. The highest BCUT2D eigenvalue weighted by Crippen LogP contribution is 2.19. The molecule has 0 aromatic carbocycles. The summed E-state index contributed by atoms with van der Waals surface area (Å²) in [5, 5.41) is 0. The van der Waals surface area contributed by atoms with Crippen LogP contribution >= 0.6 is 0 Å². The van der Waals surface area contributed by atoms with Gasteiger partial charge in [0.1, 0.15) is 0 Å². The molecule has 0 bridgehead atoms. The molecule has 1 saturated heterocycles. The summed E-state index contributed by atoms with van der Waals surface area (Å²) in [5.41, 5.74) is 0. The molecule has 1 fully saturated rings. The van der Waals surface area contributed by atoms with Crippen molar-refractivity contribution in [2.24, 2.45) is 5.92 Å². The second-order valence-electron chi connectivity index (χ2n) is 3.54. The summed E-state index contributed by atoms with van der Waals surface area (Å²) in [4.78, 5) is 2.56. The van der Waals surface area contributed by atoms with Crippen molar-refractivity contribution in [3.05, 3.63) is 6.92 Å². The third-order valence-corrected chi connectivity index (χ3v) is 2.66. The minimum atomic E-state index is 0.946. The molecule has 0 spiro atoms. The Bertz CT molecular complexity index is 99.0. The van der Waals surface area contributed by atoms with Gasteiger partial charge in [0, 0.05) is 6.54 Å². The summed E-state index contributed by atoms with van der Waals surface area (Å²) < 4.78 is 0. The zero-order valence-electron chi connectivity index (χ0n) is 7.68. The van der Waals surface area contributed by atoms with Crippen LogP contribution in [0.3, 0.4) is 0 Å². The molecule has 0 N–H and O–H groups in total. The minimum absolute atomic E-state index is 0.946. The SMILES string of the molecule is [CH2]CCC1CCCN(CC)C1. The van der Waals surface area contributed by atoms with Crippen LogP contribution in [0, 0.1) is 12.8 Å². The number of hydrogen-bond donors (Lipinski definition) is 0. The molecule has 0 aromatic heterocycles. The van der Waals surface area contributed by atoms with Gasteiger partial charge >= 0.3 is 0 Å². The Morgan fingerprint density at radius 2 is 2.36 bits per heavy atom. The maximum atomic E-state index is 3.91. The van der Waals surface area contributed by atoms with Crippen LogP contribution in [0.15, 0.2) is 0 Å². The van der Waals surface area contributed by atoms with Gasteiger partial charge in [-0.2, -0.15) is 0 Å². The van der Waals surface area contributed by atoms with E-state index in [1.54, 1.807) is 0 Å². The summed E-state index contributed by atoms with van der Waals surface area (Å²) in [7, 11) is 0. The lowest BCUT2D eigenvalue weighted by molar-refractivity contribution is 0.177. The van der Waals surface area contributed by atoms with Gasteiger partial charge in [-0.3, -0.25) is 0 Å². The summed E-state index contributed by atoms with van der Waals surface area (Å²) >= 11 is 0. The van der Waals surface area contributed by atoms with Crippen molar-refractivity contribution < 1.29 is 0 Å². The maximum absolute atomic E-state index is 3.91. The number of likely N-dealkylation sites (tertiary alicyclic amines) is 1. The van der Waals surface area contributed by atoms with Gasteiger partial charge in [0.05, 0.1) is 0 Å². The normalized spacial score (nSPS) is 27.3. The Labute approximate surface area is 70.8 Å². The van der Waals surface area contributed by atoms with Crippen molar-refractivity contribution in [1.29, 1.82) is 0 Å². The fraction of sp³-hybridized carbons (Fsp3) is 0.900. The van der Waals surface area contributed by atoms with Crippen LogP contribution in [0.1, 0.15) is 32.6 Å². The standard InChI is InChI=1S/C10H20N/c1-3-6-10-7-5-8-11(4-2)9-10/h10H,1,3-9H2,2H3. The molecular formula is C10H20N. The minimum Gasteiger partial charge on any atom is -0.303 e. The van der Waals surface area contributed by atoms with Crippen LogP contribution in [0.5, 0.6) is 0 Å². The number of piperidine rings is 1. The van der Waals surface area contributed by atoms with E-state index in [4.69, 9.17) is 0 Å². The number of hydrogen-bond acceptors (Lipinski definition) is 1. The van der Waals surface area contributed by atoms with Gasteiger partial charge < -0.3 is 4.90 Å². The quantitative estimate of drug-likeness (QED) is 0.603. The lowest BCUT2D eigenvalue weighted by Gasteiger charge is -2.31. The molecule has 1 heteroatoms. The van der Waals surface area contributed by atoms with Gasteiger partial charge in [-0.15, -0.1) is 0 Å². The summed E-state index contributed by atoms with van der Waals surface area (Å²) in [6.45, 7) is 10.0. The highest BCUT2D eigenvalue weighted by Gasteiger charge is 2.16. The monoisotopic (exact) mass is 154 g/mol. The van der Waals surface area contributed by atoms with Gasteiger partial charge in [0.2, 0.25) is 0 Å². The van der Waals surface area contributed by atoms with Crippen LogP contribution in [0.25, 0.3) is 0 Å². The molecule has 1 heterocycles. The predicted octanol–water partition coefficient (Wildman–Crippen LogP) is 2.33. The van der Waals surface area contributed by atoms with Crippen LogP contribution in [0.4, 0.5) is 0 Å². The average Bonchev–Trinajstić information content (AvgIpc) is 2.06. The Kier molecular flexibility index (Phi) is 3.92. The first-order chi connectivity index (χ1) is 5.36. The highest BCUT2D eigenvalue weighted by atomic mass is 15.1. The van der Waals surface area contributed by atoms with Crippen molar-refractivity contribution in [3.8, 4) is 0 Å². The molecule has 1 atom stereocenters. The van der Waals surface area contributed by atoms with Crippen LogP contribution < -0.4 is 0 Å². The molecule has 1 aliphatic rings. The van der Waals surface area contributed by atoms with E-state index in [9.17, 15) is 0 Å². The average molecular weight is 154 g/mol. The largest absolute Gasteiger partial charge is 0.303 e. The fourth-order valence-corrected chi connectivity index (χ4v) is 1.96. The first-order valence-electron chi connectivity index (χ1n) is 4.88. The second-order valence-corrected chi connectivity index (χ2v) is 3.54. The van der Waals surface area contributed by atoms with E-state index in [0.717, 1.165) is 12.3 Å². The van der Waals surface area contributed by atoms with Crippen molar-refractivity contribution in [2.75, 3.05) is 19.6 Å². The molecule has 65 valence electrons. The van der Waals surface area contributed by atoms with Gasteiger partial charge in [-0.1, -0.05) is 20.3 Å². The summed E-state index contributed by atoms with van der Waals surface area (Å²) in [6.07, 6.45) is 5.28. The van der Waals surface area contributed by atoms with E-state index in [0.29, 0.717) is 0 Å². The van der Waals surface area contributed by atoms with Crippen molar-refractivity contribution in [1.82, 2.24) is 4.90 Å². The smallest absolute Gasteiger partial charge is 0.000955 e. The molecule has 1 nitrogen and oxygen atoms in total. The molecule has 1 aliphatic heterocycles. The molecule has 0 saturated carbocycles. The van der Waals surface area contributed by atoms with E-state index in [1.165, 1.54) is 38.9 Å². The Morgan fingerprint density at radius 3 is 3.00 bits per heavy atom. The van der Waals surface area contributed by atoms with Crippen LogP contribution in [-0.4, -0.2) is 24.5 Å². The number of nitrogens with zero attached hydrogens (tertiary/aromatic N) is 1. The molecule has 1 rings (SSSR count). The van der Waals surface area contributed by atoms with Gasteiger partial charge in [0.25, 0.3) is 0 Å². The number of rotatable bonds is 3. The van der Waals surface area contributed by atoms with E-state index in [2.05, 4.69) is 18.7 Å².